The van der Waals surface area contributed by atoms with Crippen molar-refractivity contribution in [2.24, 2.45) is 7.05 Å². The topological polar surface area (TPSA) is 67.1 Å². The van der Waals surface area contributed by atoms with Gasteiger partial charge in [-0.1, -0.05) is 0 Å². The Hall–Kier alpha value is -1.69. The van der Waals surface area contributed by atoms with Crippen LogP contribution in [0.1, 0.15) is 13.8 Å². The molecule has 0 aliphatic rings. The molecule has 6 nitrogen and oxygen atoms in total. The molecule has 92 valence electrons. The van der Waals surface area contributed by atoms with E-state index < -0.39 is 6.10 Å². The molecule has 6 heteroatoms. The number of hydrogen-bond acceptors (Lipinski definition) is 5. The van der Waals surface area contributed by atoms with Gasteiger partial charge in [-0.25, -0.2) is 9.97 Å². The van der Waals surface area contributed by atoms with Gasteiger partial charge in [0.05, 0.1) is 17.7 Å². The van der Waals surface area contributed by atoms with E-state index in [0.29, 0.717) is 6.54 Å². The molecular weight excluding hydrogens is 218 g/mol. The number of aliphatic hydroxyl groups excluding tert-OH is 1. The van der Waals surface area contributed by atoms with Gasteiger partial charge in [0.2, 0.25) is 0 Å². The van der Waals surface area contributed by atoms with Gasteiger partial charge in [-0.15, -0.1) is 0 Å². The molecule has 1 N–H and O–H groups in total. The average molecular weight is 235 g/mol. The fraction of sp³-hybridized carbons (Fsp3) is 0.545. The normalized spacial score (nSPS) is 12.9. The zero-order chi connectivity index (χ0) is 12.4. The first-order valence-electron chi connectivity index (χ1n) is 5.69. The highest BCUT2D eigenvalue weighted by Crippen LogP contribution is 2.21. The zero-order valence-corrected chi connectivity index (χ0v) is 10.3. The predicted octanol–water partition coefficient (Wildman–Crippen LogP) is 0.570. The number of aryl methyl sites for hydroxylation is 1. The minimum absolute atomic E-state index is 0.392. The summed E-state index contributed by atoms with van der Waals surface area (Å²) in [4.78, 5) is 10.5. The molecule has 0 bridgehead atoms. The fourth-order valence-corrected chi connectivity index (χ4v) is 1.89. The van der Waals surface area contributed by atoms with Crippen LogP contribution in [0, 0.1) is 0 Å². The van der Waals surface area contributed by atoms with Gasteiger partial charge in [-0.3, -0.25) is 4.68 Å². The Bertz CT molecular complexity index is 508. The molecule has 0 aromatic carbocycles. The smallest absolute Gasteiger partial charge is 0.163 e. The van der Waals surface area contributed by atoms with E-state index in [0.717, 1.165) is 23.4 Å². The van der Waals surface area contributed by atoms with E-state index in [9.17, 15) is 5.11 Å². The van der Waals surface area contributed by atoms with Crippen LogP contribution in [-0.4, -0.2) is 44.0 Å². The van der Waals surface area contributed by atoms with Crippen LogP contribution in [0.25, 0.3) is 11.0 Å². The van der Waals surface area contributed by atoms with Crippen molar-refractivity contribution in [1.29, 1.82) is 0 Å². The molecule has 0 amide bonds. The number of aliphatic hydroxyl groups is 1. The van der Waals surface area contributed by atoms with Crippen LogP contribution in [0.5, 0.6) is 0 Å². The molecule has 2 aromatic rings. The maximum Gasteiger partial charge on any atom is 0.163 e. The molecule has 0 saturated carbocycles. The highest BCUT2D eigenvalue weighted by Gasteiger charge is 2.14. The molecule has 2 rings (SSSR count). The summed E-state index contributed by atoms with van der Waals surface area (Å²) in [5.41, 5.74) is 0.805. The Balaban J connectivity index is 2.46. The third-order valence-electron chi connectivity index (χ3n) is 2.67. The van der Waals surface area contributed by atoms with Crippen molar-refractivity contribution in [2.45, 2.75) is 20.0 Å². The lowest BCUT2D eigenvalue weighted by atomic mass is 10.3. The van der Waals surface area contributed by atoms with E-state index in [4.69, 9.17) is 0 Å². The number of hydrogen-bond donors (Lipinski definition) is 1. The van der Waals surface area contributed by atoms with Crippen LogP contribution in [0.15, 0.2) is 12.5 Å². The molecule has 0 spiro atoms. The Labute approximate surface area is 99.9 Å². The number of nitrogens with zero attached hydrogens (tertiary/aromatic N) is 5. The Kier molecular flexibility index (Phi) is 3.23. The second kappa shape index (κ2) is 4.67. The minimum atomic E-state index is -0.392. The number of rotatable bonds is 4. The average Bonchev–Trinajstić information content (AvgIpc) is 2.68. The molecule has 0 radical (unpaired) electrons. The van der Waals surface area contributed by atoms with Gasteiger partial charge < -0.3 is 10.0 Å². The van der Waals surface area contributed by atoms with Crippen molar-refractivity contribution in [3.63, 3.8) is 0 Å². The summed E-state index contributed by atoms with van der Waals surface area (Å²) in [5.74, 6) is 0.825. The summed E-state index contributed by atoms with van der Waals surface area (Å²) in [6.45, 7) is 5.14. The van der Waals surface area contributed by atoms with Crippen LogP contribution in [0.4, 0.5) is 5.82 Å². The summed E-state index contributed by atoms with van der Waals surface area (Å²) in [5, 5.41) is 14.6. The maximum atomic E-state index is 9.49. The largest absolute Gasteiger partial charge is 0.392 e. The predicted molar refractivity (Wildman–Crippen MR) is 65.9 cm³/mol. The SMILES string of the molecule is CCN(C[C@H](C)O)c1ncnc2c1cnn2C. The van der Waals surface area contributed by atoms with Crippen molar-refractivity contribution in [3.05, 3.63) is 12.5 Å². The number of fused-ring (bicyclic) bond motifs is 1. The number of likely N-dealkylation sites (N-methyl/N-ethyl adjacent to an activating group) is 1. The van der Waals surface area contributed by atoms with Crippen molar-refractivity contribution in [3.8, 4) is 0 Å². The Morgan fingerprint density at radius 1 is 1.47 bits per heavy atom. The van der Waals surface area contributed by atoms with Gasteiger partial charge in [0.25, 0.3) is 0 Å². The summed E-state index contributed by atoms with van der Waals surface area (Å²) in [6.07, 6.45) is 2.90. The van der Waals surface area contributed by atoms with Gasteiger partial charge in [0.1, 0.15) is 12.1 Å². The number of anilines is 1. The first-order valence-corrected chi connectivity index (χ1v) is 5.69. The second-order valence-electron chi connectivity index (χ2n) is 4.09. The maximum absolute atomic E-state index is 9.49. The second-order valence-corrected chi connectivity index (χ2v) is 4.09. The van der Waals surface area contributed by atoms with Gasteiger partial charge in [0, 0.05) is 20.1 Å². The van der Waals surface area contributed by atoms with Gasteiger partial charge in [-0.2, -0.15) is 5.10 Å². The lowest BCUT2D eigenvalue weighted by molar-refractivity contribution is 0.200. The van der Waals surface area contributed by atoms with E-state index in [1.54, 1.807) is 17.8 Å². The molecule has 2 heterocycles. The molecule has 0 aliphatic carbocycles. The van der Waals surface area contributed by atoms with Crippen molar-refractivity contribution in [1.82, 2.24) is 19.7 Å². The lowest BCUT2D eigenvalue weighted by Gasteiger charge is -2.23. The summed E-state index contributed by atoms with van der Waals surface area (Å²) >= 11 is 0. The highest BCUT2D eigenvalue weighted by molar-refractivity contribution is 5.86. The minimum Gasteiger partial charge on any atom is -0.392 e. The first-order chi connectivity index (χ1) is 8.13. The standard InChI is InChI=1S/C11H17N5O/c1-4-16(6-8(2)17)11-9-5-14-15(3)10(9)12-7-13-11/h5,7-8,17H,4,6H2,1-3H3/t8-/m0/s1. The van der Waals surface area contributed by atoms with Crippen LogP contribution < -0.4 is 4.90 Å². The highest BCUT2D eigenvalue weighted by atomic mass is 16.3. The number of aromatic nitrogens is 4. The molecular formula is C11H17N5O. The third-order valence-corrected chi connectivity index (χ3v) is 2.67. The van der Waals surface area contributed by atoms with E-state index in [1.807, 2.05) is 18.9 Å². The molecule has 1 atom stereocenters. The van der Waals surface area contributed by atoms with E-state index in [2.05, 4.69) is 15.1 Å². The third kappa shape index (κ3) is 2.21. The van der Waals surface area contributed by atoms with E-state index >= 15 is 0 Å². The summed E-state index contributed by atoms with van der Waals surface area (Å²) < 4.78 is 1.72. The van der Waals surface area contributed by atoms with Crippen LogP contribution in [0.2, 0.25) is 0 Å². The zero-order valence-electron chi connectivity index (χ0n) is 10.3. The molecule has 0 fully saturated rings. The molecule has 0 aliphatic heterocycles. The lowest BCUT2D eigenvalue weighted by Crippen LogP contribution is -2.31. The quantitative estimate of drug-likeness (QED) is 0.839. The molecule has 17 heavy (non-hydrogen) atoms. The van der Waals surface area contributed by atoms with Crippen molar-refractivity contribution in [2.75, 3.05) is 18.0 Å². The van der Waals surface area contributed by atoms with Crippen LogP contribution >= 0.6 is 0 Å². The first kappa shape index (κ1) is 11.8. The van der Waals surface area contributed by atoms with Gasteiger partial charge in [-0.05, 0) is 13.8 Å². The Morgan fingerprint density at radius 3 is 2.88 bits per heavy atom. The fourth-order valence-electron chi connectivity index (χ4n) is 1.89. The molecule has 0 unspecified atom stereocenters. The van der Waals surface area contributed by atoms with Gasteiger partial charge in [0.15, 0.2) is 5.65 Å². The summed E-state index contributed by atoms with van der Waals surface area (Å²) in [7, 11) is 1.85. The Morgan fingerprint density at radius 2 is 2.24 bits per heavy atom. The molecule has 0 saturated heterocycles. The summed E-state index contributed by atoms with van der Waals surface area (Å²) in [6, 6.07) is 0. The van der Waals surface area contributed by atoms with Crippen molar-refractivity contribution >= 4 is 16.9 Å². The van der Waals surface area contributed by atoms with E-state index in [-0.39, 0.29) is 0 Å². The van der Waals surface area contributed by atoms with E-state index in [1.165, 1.54) is 6.33 Å². The van der Waals surface area contributed by atoms with Crippen molar-refractivity contribution < 1.29 is 5.11 Å². The van der Waals surface area contributed by atoms with Crippen LogP contribution in [-0.2, 0) is 7.05 Å². The van der Waals surface area contributed by atoms with Crippen LogP contribution in [0.3, 0.4) is 0 Å². The molecule has 2 aromatic heterocycles. The van der Waals surface area contributed by atoms with Gasteiger partial charge >= 0.3 is 0 Å². The monoisotopic (exact) mass is 235 g/mol.